The zero-order chi connectivity index (χ0) is 12.4. The first kappa shape index (κ1) is 11.7. The third kappa shape index (κ3) is 1.93. The highest BCUT2D eigenvalue weighted by Gasteiger charge is 2.33. The first-order valence-corrected chi connectivity index (χ1v) is 5.71. The van der Waals surface area contributed by atoms with Crippen molar-refractivity contribution < 1.29 is 9.53 Å². The minimum absolute atomic E-state index is 0.173. The zero-order valence-corrected chi connectivity index (χ0v) is 10.3. The Morgan fingerprint density at radius 3 is 3.06 bits per heavy atom. The van der Waals surface area contributed by atoms with Crippen LogP contribution in [0.4, 0.5) is 5.69 Å². The summed E-state index contributed by atoms with van der Waals surface area (Å²) in [7, 11) is 3.38. The fraction of sp³-hybridized carbons (Fsp3) is 0.357. The lowest BCUT2D eigenvalue weighted by atomic mass is 10.0. The molecule has 0 aromatic heterocycles. The molecule has 0 N–H and O–H groups in total. The Kier molecular flexibility index (Phi) is 3.18. The number of rotatable bonds is 3. The Morgan fingerprint density at radius 2 is 2.41 bits per heavy atom. The van der Waals surface area contributed by atoms with Gasteiger partial charge >= 0.3 is 5.97 Å². The molecule has 1 aromatic rings. The van der Waals surface area contributed by atoms with E-state index < -0.39 is 0 Å². The van der Waals surface area contributed by atoms with Crippen molar-refractivity contribution in [1.82, 2.24) is 0 Å². The molecule has 0 bridgehead atoms. The highest BCUT2D eigenvalue weighted by Crippen LogP contribution is 2.34. The van der Waals surface area contributed by atoms with Crippen LogP contribution in [0, 0.1) is 0 Å². The fourth-order valence-electron chi connectivity index (χ4n) is 2.46. The van der Waals surface area contributed by atoms with E-state index in [0.29, 0.717) is 0 Å². The molecule has 1 aliphatic heterocycles. The maximum absolute atomic E-state index is 11.7. The second kappa shape index (κ2) is 4.62. The van der Waals surface area contributed by atoms with Crippen molar-refractivity contribution in [3.05, 3.63) is 42.0 Å². The second-order valence-electron chi connectivity index (χ2n) is 4.27. The molecule has 1 heterocycles. The fourth-order valence-corrected chi connectivity index (χ4v) is 2.46. The molecule has 17 heavy (non-hydrogen) atoms. The number of fused-ring (bicyclic) bond motifs is 1. The van der Waals surface area contributed by atoms with Crippen molar-refractivity contribution >= 4 is 11.7 Å². The van der Waals surface area contributed by atoms with Gasteiger partial charge in [0.25, 0.3) is 0 Å². The summed E-state index contributed by atoms with van der Waals surface area (Å²) < 4.78 is 4.83. The number of hydrogen-bond donors (Lipinski definition) is 0. The summed E-state index contributed by atoms with van der Waals surface area (Å²) >= 11 is 0. The summed E-state index contributed by atoms with van der Waals surface area (Å²) in [4.78, 5) is 13.7. The maximum atomic E-state index is 11.7. The lowest BCUT2D eigenvalue weighted by molar-refractivity contribution is -0.141. The van der Waals surface area contributed by atoms with Gasteiger partial charge < -0.3 is 9.64 Å². The lowest BCUT2D eigenvalue weighted by Gasteiger charge is -2.22. The Labute approximate surface area is 102 Å². The van der Waals surface area contributed by atoms with Gasteiger partial charge in [-0.1, -0.05) is 24.3 Å². The third-order valence-electron chi connectivity index (χ3n) is 3.27. The van der Waals surface area contributed by atoms with Crippen LogP contribution in [0.2, 0.25) is 0 Å². The molecule has 3 heteroatoms. The monoisotopic (exact) mass is 231 g/mol. The molecule has 2 rings (SSSR count). The number of carbonyl (C=O) groups excluding carboxylic acids is 1. The van der Waals surface area contributed by atoms with Gasteiger partial charge in [-0.2, -0.15) is 0 Å². The number of nitrogens with zero attached hydrogens (tertiary/aromatic N) is 1. The molecule has 1 aromatic carbocycles. The van der Waals surface area contributed by atoms with E-state index in [-0.39, 0.29) is 12.0 Å². The number of esters is 1. The number of carbonyl (C=O) groups is 1. The van der Waals surface area contributed by atoms with Crippen LogP contribution in [0.25, 0.3) is 0 Å². The number of likely N-dealkylation sites (N-methyl/N-ethyl adjacent to an activating group) is 1. The summed E-state index contributed by atoms with van der Waals surface area (Å²) in [6.07, 6.45) is 3.43. The molecule has 0 fully saturated rings. The molecule has 0 aliphatic carbocycles. The number of para-hydroxylation sites is 1. The number of hydrogen-bond acceptors (Lipinski definition) is 3. The minimum atomic E-state index is -0.194. The van der Waals surface area contributed by atoms with Crippen LogP contribution in [-0.4, -0.2) is 26.2 Å². The normalized spacial score (nSPS) is 17.8. The van der Waals surface area contributed by atoms with E-state index >= 15 is 0 Å². The second-order valence-corrected chi connectivity index (χ2v) is 4.27. The van der Waals surface area contributed by atoms with E-state index in [0.717, 1.165) is 18.5 Å². The number of ether oxygens (including phenoxy) is 1. The van der Waals surface area contributed by atoms with Crippen LogP contribution >= 0.6 is 0 Å². The molecular formula is C14H17NO2. The Hall–Kier alpha value is -1.77. The van der Waals surface area contributed by atoms with Crippen LogP contribution in [0.1, 0.15) is 11.1 Å². The standard InChI is InChI=1S/C14H17NO2/c1-4-6-10-7-5-8-11-9-12(14(16)17-3)15(2)13(10)11/h4-5,7-8,12H,1,6,9H2,2-3H3. The molecule has 0 spiro atoms. The van der Waals surface area contributed by atoms with Gasteiger partial charge in [0.2, 0.25) is 0 Å². The van der Waals surface area contributed by atoms with E-state index in [1.165, 1.54) is 18.2 Å². The summed E-state index contributed by atoms with van der Waals surface area (Å²) in [6, 6.07) is 5.99. The highest BCUT2D eigenvalue weighted by atomic mass is 16.5. The first-order valence-electron chi connectivity index (χ1n) is 5.71. The average molecular weight is 231 g/mol. The van der Waals surface area contributed by atoms with Crippen LogP contribution in [0.3, 0.4) is 0 Å². The Morgan fingerprint density at radius 1 is 1.65 bits per heavy atom. The zero-order valence-electron chi connectivity index (χ0n) is 10.3. The SMILES string of the molecule is C=CCc1cccc2c1N(C)C(C(=O)OC)C2. The van der Waals surface area contributed by atoms with Gasteiger partial charge in [0.1, 0.15) is 6.04 Å². The van der Waals surface area contributed by atoms with Crippen molar-refractivity contribution in [2.45, 2.75) is 18.9 Å². The summed E-state index contributed by atoms with van der Waals surface area (Å²) in [5.41, 5.74) is 3.58. The van der Waals surface area contributed by atoms with Gasteiger partial charge in [-0.05, 0) is 17.5 Å². The third-order valence-corrected chi connectivity index (χ3v) is 3.27. The van der Waals surface area contributed by atoms with E-state index in [2.05, 4.69) is 18.7 Å². The molecule has 1 unspecified atom stereocenters. The molecule has 3 nitrogen and oxygen atoms in total. The van der Waals surface area contributed by atoms with Crippen LogP contribution in [0.5, 0.6) is 0 Å². The average Bonchev–Trinajstić information content (AvgIpc) is 2.67. The first-order chi connectivity index (χ1) is 8.19. The van der Waals surface area contributed by atoms with Crippen LogP contribution < -0.4 is 4.90 Å². The Bertz CT molecular complexity index is 454. The van der Waals surface area contributed by atoms with Crippen LogP contribution in [-0.2, 0) is 22.4 Å². The minimum Gasteiger partial charge on any atom is -0.467 e. The summed E-state index contributed by atoms with van der Waals surface area (Å²) in [5, 5.41) is 0. The largest absolute Gasteiger partial charge is 0.467 e. The predicted molar refractivity (Wildman–Crippen MR) is 68.3 cm³/mol. The number of allylic oxidation sites excluding steroid dienone is 1. The summed E-state index contributed by atoms with van der Waals surface area (Å²) in [5.74, 6) is -0.173. The maximum Gasteiger partial charge on any atom is 0.328 e. The van der Waals surface area contributed by atoms with Crippen molar-refractivity contribution in [2.75, 3.05) is 19.1 Å². The molecule has 1 aliphatic rings. The van der Waals surface area contributed by atoms with Crippen molar-refractivity contribution in [3.8, 4) is 0 Å². The van der Waals surface area contributed by atoms with Gasteiger partial charge in [-0.3, -0.25) is 0 Å². The molecule has 0 saturated carbocycles. The van der Waals surface area contributed by atoms with Gasteiger partial charge in [0.15, 0.2) is 0 Å². The number of benzene rings is 1. The molecule has 0 radical (unpaired) electrons. The van der Waals surface area contributed by atoms with E-state index in [1.54, 1.807) is 0 Å². The quantitative estimate of drug-likeness (QED) is 0.588. The van der Waals surface area contributed by atoms with Gasteiger partial charge in [0, 0.05) is 19.2 Å². The topological polar surface area (TPSA) is 29.5 Å². The molecule has 0 saturated heterocycles. The van der Waals surface area contributed by atoms with E-state index in [4.69, 9.17) is 4.74 Å². The highest BCUT2D eigenvalue weighted by molar-refractivity contribution is 5.84. The van der Waals surface area contributed by atoms with Crippen LogP contribution in [0.15, 0.2) is 30.9 Å². The molecule has 0 amide bonds. The lowest BCUT2D eigenvalue weighted by Crippen LogP contribution is -2.36. The smallest absolute Gasteiger partial charge is 0.328 e. The molecule has 90 valence electrons. The molecular weight excluding hydrogens is 214 g/mol. The number of methoxy groups -OCH3 is 1. The van der Waals surface area contributed by atoms with Crippen molar-refractivity contribution in [3.63, 3.8) is 0 Å². The van der Waals surface area contributed by atoms with Crippen molar-refractivity contribution in [1.29, 1.82) is 0 Å². The number of anilines is 1. The molecule has 1 atom stereocenters. The van der Waals surface area contributed by atoms with Gasteiger partial charge in [0.05, 0.1) is 7.11 Å². The van der Waals surface area contributed by atoms with E-state index in [1.807, 2.05) is 24.1 Å². The van der Waals surface area contributed by atoms with Gasteiger partial charge in [-0.15, -0.1) is 6.58 Å². The Balaban J connectivity index is 2.37. The summed E-state index contributed by atoms with van der Waals surface area (Å²) in [6.45, 7) is 3.77. The van der Waals surface area contributed by atoms with Crippen molar-refractivity contribution in [2.24, 2.45) is 0 Å². The van der Waals surface area contributed by atoms with E-state index in [9.17, 15) is 4.79 Å². The van der Waals surface area contributed by atoms with Gasteiger partial charge in [-0.25, -0.2) is 4.79 Å². The predicted octanol–water partition coefficient (Wildman–Crippen LogP) is 1.95.